The lowest BCUT2D eigenvalue weighted by Crippen LogP contribution is -2.51. The second-order valence-corrected chi connectivity index (χ2v) is 10.1. The maximum Gasteiger partial charge on any atom is 0.267 e. The Hall–Kier alpha value is -1.69. The highest BCUT2D eigenvalue weighted by Crippen LogP contribution is 2.23. The normalized spacial score (nSPS) is 18.1. The highest BCUT2D eigenvalue weighted by molar-refractivity contribution is 7.99. The molecule has 0 atom stereocenters. The molecule has 0 aromatic carbocycles. The minimum absolute atomic E-state index is 0.0470. The van der Waals surface area contributed by atoms with Crippen LogP contribution in [0.1, 0.15) is 10.4 Å². The smallest absolute Gasteiger partial charge is 0.267 e. The molecular formula is C15H16N4O4S3. The van der Waals surface area contributed by atoms with Crippen LogP contribution in [-0.2, 0) is 16.6 Å². The van der Waals surface area contributed by atoms with Gasteiger partial charge in [0.15, 0.2) is 5.16 Å². The average molecular weight is 413 g/mol. The van der Waals surface area contributed by atoms with E-state index in [4.69, 9.17) is 0 Å². The Morgan fingerprint density at radius 3 is 2.62 bits per heavy atom. The van der Waals surface area contributed by atoms with Gasteiger partial charge in [-0.05, 0) is 11.4 Å². The number of hydrogen-bond acceptors (Lipinski definition) is 7. The van der Waals surface area contributed by atoms with Crippen molar-refractivity contribution < 1.29 is 13.2 Å². The monoisotopic (exact) mass is 412 g/mol. The summed E-state index contributed by atoms with van der Waals surface area (Å²) >= 11 is 2.67. The molecule has 8 nitrogen and oxygen atoms in total. The van der Waals surface area contributed by atoms with E-state index in [-0.39, 0.29) is 43.2 Å². The molecule has 0 bridgehead atoms. The van der Waals surface area contributed by atoms with Crippen LogP contribution >= 0.6 is 23.1 Å². The highest BCUT2D eigenvalue weighted by Gasteiger charge is 2.32. The number of fused-ring (bicyclic) bond motifs is 1. The van der Waals surface area contributed by atoms with E-state index in [2.05, 4.69) is 4.98 Å². The zero-order valence-electron chi connectivity index (χ0n) is 13.7. The van der Waals surface area contributed by atoms with Gasteiger partial charge < -0.3 is 4.90 Å². The summed E-state index contributed by atoms with van der Waals surface area (Å²) < 4.78 is 28.3. The number of piperazine rings is 1. The third kappa shape index (κ3) is 2.98. The molecule has 1 amide bonds. The fourth-order valence-electron chi connectivity index (χ4n) is 3.00. The Bertz CT molecular complexity index is 992. The van der Waals surface area contributed by atoms with E-state index in [1.165, 1.54) is 43.1 Å². The van der Waals surface area contributed by atoms with Gasteiger partial charge in [0.2, 0.25) is 0 Å². The second kappa shape index (κ2) is 6.80. The first-order valence-corrected chi connectivity index (χ1v) is 11.3. The second-order valence-electron chi connectivity index (χ2n) is 5.89. The molecule has 2 aromatic heterocycles. The van der Waals surface area contributed by atoms with Crippen LogP contribution in [0.3, 0.4) is 0 Å². The Kier molecular flexibility index (Phi) is 4.63. The molecule has 0 N–H and O–H groups in total. The molecule has 2 aliphatic heterocycles. The molecule has 1 fully saturated rings. The van der Waals surface area contributed by atoms with Crippen molar-refractivity contribution in [2.24, 2.45) is 0 Å². The van der Waals surface area contributed by atoms with Gasteiger partial charge >= 0.3 is 0 Å². The Balaban J connectivity index is 1.49. The first-order valence-electron chi connectivity index (χ1n) is 8.04. The van der Waals surface area contributed by atoms with Crippen LogP contribution in [0, 0.1) is 0 Å². The molecule has 138 valence electrons. The van der Waals surface area contributed by atoms with Crippen molar-refractivity contribution in [3.63, 3.8) is 0 Å². The van der Waals surface area contributed by atoms with E-state index in [1.54, 1.807) is 17.5 Å². The molecule has 4 rings (SSSR count). The van der Waals surface area contributed by atoms with Gasteiger partial charge in [-0.15, -0.1) is 11.3 Å². The molecule has 2 aromatic rings. The number of sulfonamides is 1. The summed E-state index contributed by atoms with van der Waals surface area (Å²) in [6.07, 6.45) is 1.34. The number of rotatable bonds is 3. The number of carbonyl (C=O) groups is 1. The fraction of sp³-hybridized carbons (Fsp3) is 0.400. The number of thiophene rings is 1. The number of aromatic nitrogens is 2. The van der Waals surface area contributed by atoms with Crippen LogP contribution in [0.4, 0.5) is 0 Å². The lowest BCUT2D eigenvalue weighted by Gasteiger charge is -2.33. The van der Waals surface area contributed by atoms with Crippen LogP contribution in [0.2, 0.25) is 0 Å². The minimum atomic E-state index is -3.52. The molecule has 0 radical (unpaired) electrons. The van der Waals surface area contributed by atoms with E-state index >= 15 is 0 Å². The third-order valence-corrected chi connectivity index (χ3v) is 8.64. The van der Waals surface area contributed by atoms with Gasteiger partial charge in [-0.2, -0.15) is 4.31 Å². The molecule has 26 heavy (non-hydrogen) atoms. The van der Waals surface area contributed by atoms with Crippen LogP contribution in [-0.4, -0.2) is 65.0 Å². The van der Waals surface area contributed by atoms with Crippen molar-refractivity contribution in [3.05, 3.63) is 39.6 Å². The van der Waals surface area contributed by atoms with Crippen LogP contribution < -0.4 is 5.56 Å². The van der Waals surface area contributed by atoms with Gasteiger partial charge in [0.05, 0.1) is 0 Å². The molecule has 4 heterocycles. The van der Waals surface area contributed by atoms with Crippen molar-refractivity contribution >= 4 is 39.0 Å². The first-order chi connectivity index (χ1) is 12.5. The molecule has 0 aliphatic carbocycles. The largest absolute Gasteiger partial charge is 0.336 e. The zero-order valence-corrected chi connectivity index (χ0v) is 16.1. The lowest BCUT2D eigenvalue weighted by molar-refractivity contribution is 0.0694. The Morgan fingerprint density at radius 1 is 1.15 bits per heavy atom. The molecule has 11 heteroatoms. The van der Waals surface area contributed by atoms with E-state index < -0.39 is 10.0 Å². The van der Waals surface area contributed by atoms with Gasteiger partial charge in [-0.1, -0.05) is 17.8 Å². The van der Waals surface area contributed by atoms with Crippen LogP contribution in [0.25, 0.3) is 0 Å². The van der Waals surface area contributed by atoms with Gasteiger partial charge in [0.1, 0.15) is 9.77 Å². The lowest BCUT2D eigenvalue weighted by atomic mass is 10.2. The van der Waals surface area contributed by atoms with Crippen molar-refractivity contribution in [3.8, 4) is 0 Å². The standard InChI is InChI=1S/C15H16N4O4S3/c20-13(11-10-16-15-19(14(11)21)7-9-25-15)17-3-5-18(6-4-17)26(22,23)12-2-1-8-24-12/h1-2,8,10H,3-7,9H2. The van der Waals surface area contributed by atoms with Gasteiger partial charge in [-0.3, -0.25) is 14.2 Å². The van der Waals surface area contributed by atoms with Gasteiger partial charge in [0.25, 0.3) is 21.5 Å². The minimum Gasteiger partial charge on any atom is -0.336 e. The summed E-state index contributed by atoms with van der Waals surface area (Å²) in [4.78, 5) is 30.9. The van der Waals surface area contributed by atoms with Gasteiger partial charge in [0, 0.05) is 44.7 Å². The van der Waals surface area contributed by atoms with E-state index in [1.807, 2.05) is 0 Å². The summed E-state index contributed by atoms with van der Waals surface area (Å²) in [5, 5.41) is 2.36. The maximum atomic E-state index is 12.7. The van der Waals surface area contributed by atoms with Crippen molar-refractivity contribution in [1.82, 2.24) is 18.8 Å². The topological polar surface area (TPSA) is 92.6 Å². The van der Waals surface area contributed by atoms with Gasteiger partial charge in [-0.25, -0.2) is 13.4 Å². The molecule has 0 saturated carbocycles. The Morgan fingerprint density at radius 2 is 1.92 bits per heavy atom. The summed E-state index contributed by atoms with van der Waals surface area (Å²) in [7, 11) is -3.52. The summed E-state index contributed by atoms with van der Waals surface area (Å²) in [6, 6.07) is 3.27. The Labute approximate surface area is 158 Å². The number of carbonyl (C=O) groups excluding carboxylic acids is 1. The van der Waals surface area contributed by atoms with Crippen molar-refractivity contribution in [2.45, 2.75) is 15.9 Å². The van der Waals surface area contributed by atoms with Crippen molar-refractivity contribution in [1.29, 1.82) is 0 Å². The SMILES string of the molecule is O=C(c1cnc2n(c1=O)CCS2)N1CCN(S(=O)(=O)c2cccs2)CC1. The molecular weight excluding hydrogens is 396 g/mol. The third-order valence-electron chi connectivity index (χ3n) is 4.40. The van der Waals surface area contributed by atoms with Crippen LogP contribution in [0.15, 0.2) is 37.9 Å². The number of thioether (sulfide) groups is 1. The number of nitrogens with zero attached hydrogens (tertiary/aromatic N) is 4. The predicted octanol–water partition coefficient (Wildman–Crippen LogP) is 0.557. The summed E-state index contributed by atoms with van der Waals surface area (Å²) in [5.74, 6) is 0.391. The molecule has 1 saturated heterocycles. The summed E-state index contributed by atoms with van der Waals surface area (Å²) in [5.41, 5.74) is -0.274. The fourth-order valence-corrected chi connectivity index (χ4v) is 6.48. The molecule has 0 spiro atoms. The van der Waals surface area contributed by atoms with E-state index in [0.29, 0.717) is 15.9 Å². The van der Waals surface area contributed by atoms with E-state index in [0.717, 1.165) is 5.75 Å². The van der Waals surface area contributed by atoms with E-state index in [9.17, 15) is 18.0 Å². The van der Waals surface area contributed by atoms with Crippen LogP contribution in [0.5, 0.6) is 0 Å². The quantitative estimate of drug-likeness (QED) is 0.684. The predicted molar refractivity (Wildman–Crippen MR) is 98.2 cm³/mol. The highest BCUT2D eigenvalue weighted by atomic mass is 32.2. The maximum absolute atomic E-state index is 12.7. The molecule has 0 unspecified atom stereocenters. The summed E-state index contributed by atoms with van der Waals surface area (Å²) in [6.45, 7) is 1.47. The number of hydrogen-bond donors (Lipinski definition) is 0. The van der Waals surface area contributed by atoms with Crippen molar-refractivity contribution in [2.75, 3.05) is 31.9 Å². The number of amides is 1. The molecule has 2 aliphatic rings. The average Bonchev–Trinajstić information content (AvgIpc) is 3.34. The first kappa shape index (κ1) is 17.7. The zero-order chi connectivity index (χ0) is 18.3.